The molecular formula is C17H25NO. The quantitative estimate of drug-likeness (QED) is 0.893. The standard InChI is InChI=1S/C17H25NO/c1-12-5-3-7-14(11-12)16(18-2)15-8-4-6-13-9-10-19-17(13)15/h4,6,8,12,14,16,18H,3,5,7,9-11H2,1-2H3. The van der Waals surface area contributed by atoms with Crippen LogP contribution in [0.5, 0.6) is 5.75 Å². The number of hydrogen-bond acceptors (Lipinski definition) is 2. The maximum atomic E-state index is 5.89. The van der Waals surface area contributed by atoms with Gasteiger partial charge in [0, 0.05) is 18.0 Å². The zero-order valence-corrected chi connectivity index (χ0v) is 12.1. The fourth-order valence-corrected chi connectivity index (χ4v) is 3.91. The first kappa shape index (κ1) is 13.0. The number of rotatable bonds is 3. The SMILES string of the molecule is CNC(c1cccc2c1OCC2)C1CCCC(C)C1. The van der Waals surface area contributed by atoms with Crippen molar-refractivity contribution in [3.63, 3.8) is 0 Å². The van der Waals surface area contributed by atoms with Crippen molar-refractivity contribution in [3.8, 4) is 5.75 Å². The van der Waals surface area contributed by atoms with Crippen LogP contribution in [0.25, 0.3) is 0 Å². The van der Waals surface area contributed by atoms with Gasteiger partial charge in [0.05, 0.1) is 6.61 Å². The van der Waals surface area contributed by atoms with Crippen molar-refractivity contribution >= 4 is 0 Å². The van der Waals surface area contributed by atoms with Gasteiger partial charge in [0.15, 0.2) is 0 Å². The molecule has 1 saturated carbocycles. The summed E-state index contributed by atoms with van der Waals surface area (Å²) in [5, 5.41) is 3.56. The van der Waals surface area contributed by atoms with Gasteiger partial charge in [-0.15, -0.1) is 0 Å². The number of nitrogens with one attached hydrogen (secondary N) is 1. The van der Waals surface area contributed by atoms with Crippen molar-refractivity contribution in [2.45, 2.75) is 45.1 Å². The predicted octanol–water partition coefficient (Wildman–Crippen LogP) is 3.71. The first-order valence-corrected chi connectivity index (χ1v) is 7.71. The second-order valence-electron chi connectivity index (χ2n) is 6.23. The van der Waals surface area contributed by atoms with Gasteiger partial charge in [0.2, 0.25) is 0 Å². The van der Waals surface area contributed by atoms with Gasteiger partial charge in [-0.1, -0.05) is 38.0 Å². The minimum atomic E-state index is 0.454. The van der Waals surface area contributed by atoms with Crippen molar-refractivity contribution in [2.75, 3.05) is 13.7 Å². The fraction of sp³-hybridized carbons (Fsp3) is 0.647. The Morgan fingerprint density at radius 2 is 2.21 bits per heavy atom. The molecule has 1 N–H and O–H groups in total. The summed E-state index contributed by atoms with van der Waals surface area (Å²) in [6, 6.07) is 7.11. The van der Waals surface area contributed by atoms with Gasteiger partial charge in [-0.05, 0) is 37.3 Å². The molecule has 3 unspecified atom stereocenters. The maximum absolute atomic E-state index is 5.89. The Morgan fingerprint density at radius 1 is 1.32 bits per heavy atom. The predicted molar refractivity (Wildman–Crippen MR) is 78.6 cm³/mol. The normalized spacial score (nSPS) is 27.7. The average Bonchev–Trinajstić information content (AvgIpc) is 2.89. The van der Waals surface area contributed by atoms with Crippen LogP contribution in [-0.4, -0.2) is 13.7 Å². The minimum Gasteiger partial charge on any atom is -0.493 e. The van der Waals surface area contributed by atoms with E-state index in [0.29, 0.717) is 6.04 Å². The lowest BCUT2D eigenvalue weighted by atomic mass is 9.76. The zero-order chi connectivity index (χ0) is 13.2. The van der Waals surface area contributed by atoms with E-state index in [2.05, 4.69) is 37.5 Å². The topological polar surface area (TPSA) is 21.3 Å². The lowest BCUT2D eigenvalue weighted by Gasteiger charge is -2.34. The highest BCUT2D eigenvalue weighted by Crippen LogP contribution is 2.41. The summed E-state index contributed by atoms with van der Waals surface area (Å²) in [5.41, 5.74) is 2.78. The molecule has 0 saturated heterocycles. The van der Waals surface area contributed by atoms with Crippen LogP contribution in [0.15, 0.2) is 18.2 Å². The first-order valence-electron chi connectivity index (χ1n) is 7.71. The molecule has 1 aliphatic carbocycles. The molecule has 3 atom stereocenters. The summed E-state index contributed by atoms with van der Waals surface area (Å²) < 4.78 is 5.89. The summed E-state index contributed by atoms with van der Waals surface area (Å²) in [7, 11) is 2.10. The molecule has 1 aromatic carbocycles. The molecule has 104 valence electrons. The van der Waals surface area contributed by atoms with Crippen LogP contribution in [0.1, 0.15) is 49.8 Å². The molecule has 19 heavy (non-hydrogen) atoms. The van der Waals surface area contributed by atoms with Crippen molar-refractivity contribution in [3.05, 3.63) is 29.3 Å². The Hall–Kier alpha value is -1.02. The third-order valence-electron chi connectivity index (χ3n) is 4.84. The van der Waals surface area contributed by atoms with E-state index >= 15 is 0 Å². The molecule has 0 spiro atoms. The summed E-state index contributed by atoms with van der Waals surface area (Å²) in [6.07, 6.45) is 6.53. The zero-order valence-electron chi connectivity index (χ0n) is 12.1. The van der Waals surface area contributed by atoms with Crippen molar-refractivity contribution < 1.29 is 4.74 Å². The Morgan fingerprint density at radius 3 is 3.00 bits per heavy atom. The van der Waals surface area contributed by atoms with E-state index in [1.165, 1.54) is 42.6 Å². The molecule has 1 heterocycles. The maximum Gasteiger partial charge on any atom is 0.127 e. The van der Waals surface area contributed by atoms with Crippen LogP contribution in [-0.2, 0) is 6.42 Å². The second-order valence-corrected chi connectivity index (χ2v) is 6.23. The number of ether oxygens (including phenoxy) is 1. The van der Waals surface area contributed by atoms with Gasteiger partial charge < -0.3 is 10.1 Å². The summed E-state index contributed by atoms with van der Waals surface area (Å²) >= 11 is 0. The lowest BCUT2D eigenvalue weighted by molar-refractivity contribution is 0.226. The molecule has 0 aromatic heterocycles. The van der Waals surface area contributed by atoms with Crippen LogP contribution in [0.4, 0.5) is 0 Å². The van der Waals surface area contributed by atoms with Crippen molar-refractivity contribution in [1.82, 2.24) is 5.32 Å². The molecule has 0 bridgehead atoms. The Labute approximate surface area is 116 Å². The lowest BCUT2D eigenvalue weighted by Crippen LogP contribution is -2.29. The van der Waals surface area contributed by atoms with E-state index in [1.54, 1.807) is 0 Å². The van der Waals surface area contributed by atoms with Gasteiger partial charge in [-0.3, -0.25) is 0 Å². The Bertz CT molecular complexity index is 443. The van der Waals surface area contributed by atoms with Gasteiger partial charge in [0.1, 0.15) is 5.75 Å². The third-order valence-corrected chi connectivity index (χ3v) is 4.84. The fourth-order valence-electron chi connectivity index (χ4n) is 3.91. The van der Waals surface area contributed by atoms with E-state index in [4.69, 9.17) is 4.74 Å². The largest absolute Gasteiger partial charge is 0.493 e. The van der Waals surface area contributed by atoms with Crippen molar-refractivity contribution in [1.29, 1.82) is 0 Å². The molecule has 2 aliphatic rings. The molecule has 0 amide bonds. The van der Waals surface area contributed by atoms with Gasteiger partial charge in [0.25, 0.3) is 0 Å². The van der Waals surface area contributed by atoms with Crippen LogP contribution in [0, 0.1) is 11.8 Å². The van der Waals surface area contributed by atoms with E-state index in [-0.39, 0.29) is 0 Å². The number of hydrogen-bond donors (Lipinski definition) is 1. The molecule has 0 radical (unpaired) electrons. The van der Waals surface area contributed by atoms with Gasteiger partial charge in [-0.2, -0.15) is 0 Å². The molecule has 2 heteroatoms. The van der Waals surface area contributed by atoms with E-state index in [0.717, 1.165) is 24.9 Å². The van der Waals surface area contributed by atoms with Crippen molar-refractivity contribution in [2.24, 2.45) is 11.8 Å². The molecular weight excluding hydrogens is 234 g/mol. The number of benzene rings is 1. The molecule has 1 fully saturated rings. The highest BCUT2D eigenvalue weighted by molar-refractivity contribution is 5.45. The average molecular weight is 259 g/mol. The minimum absolute atomic E-state index is 0.454. The Kier molecular flexibility index (Phi) is 3.79. The highest BCUT2D eigenvalue weighted by atomic mass is 16.5. The Balaban J connectivity index is 1.88. The smallest absolute Gasteiger partial charge is 0.127 e. The second kappa shape index (κ2) is 5.54. The van der Waals surface area contributed by atoms with Crippen LogP contribution >= 0.6 is 0 Å². The first-order chi connectivity index (χ1) is 9.29. The summed E-state index contributed by atoms with van der Waals surface area (Å²) in [6.45, 7) is 3.24. The van der Waals surface area contributed by atoms with E-state index in [9.17, 15) is 0 Å². The monoisotopic (exact) mass is 259 g/mol. The van der Waals surface area contributed by atoms with E-state index < -0.39 is 0 Å². The number of fused-ring (bicyclic) bond motifs is 1. The third kappa shape index (κ3) is 2.51. The molecule has 1 aliphatic heterocycles. The van der Waals surface area contributed by atoms with Crippen LogP contribution in [0.3, 0.4) is 0 Å². The van der Waals surface area contributed by atoms with Gasteiger partial charge in [-0.25, -0.2) is 0 Å². The molecule has 1 aromatic rings. The van der Waals surface area contributed by atoms with Crippen LogP contribution in [0.2, 0.25) is 0 Å². The summed E-state index contributed by atoms with van der Waals surface area (Å²) in [4.78, 5) is 0. The van der Waals surface area contributed by atoms with Gasteiger partial charge >= 0.3 is 0 Å². The summed E-state index contributed by atoms with van der Waals surface area (Å²) in [5.74, 6) is 2.79. The van der Waals surface area contributed by atoms with Crippen LogP contribution < -0.4 is 10.1 Å². The molecule has 2 nitrogen and oxygen atoms in total. The molecule has 3 rings (SSSR count). The number of para-hydroxylation sites is 1. The van der Waals surface area contributed by atoms with E-state index in [1.807, 2.05) is 0 Å². The highest BCUT2D eigenvalue weighted by Gasteiger charge is 2.30.